The van der Waals surface area contributed by atoms with E-state index in [-0.39, 0.29) is 24.1 Å². The lowest BCUT2D eigenvalue weighted by Crippen LogP contribution is -2.50. The lowest BCUT2D eigenvalue weighted by atomic mass is 9.82. The molecule has 1 saturated carbocycles. The van der Waals surface area contributed by atoms with Gasteiger partial charge in [0.15, 0.2) is 11.5 Å². The van der Waals surface area contributed by atoms with E-state index in [0.29, 0.717) is 35.5 Å². The molecule has 184 valence electrons. The van der Waals surface area contributed by atoms with Gasteiger partial charge in [0.25, 0.3) is 0 Å². The minimum absolute atomic E-state index is 0.0126. The first-order valence-corrected chi connectivity index (χ1v) is 12.7. The first-order valence-electron chi connectivity index (χ1n) is 12.3. The molecular formula is C27H36ClN3O3. The molecule has 0 saturated heterocycles. The molecular weight excluding hydrogens is 450 g/mol. The highest BCUT2D eigenvalue weighted by molar-refractivity contribution is 6.30. The Hall–Kier alpha value is -2.28. The molecule has 1 fully saturated rings. The molecule has 1 aliphatic heterocycles. The maximum Gasteiger partial charge on any atom is 0.228 e. The van der Waals surface area contributed by atoms with Crippen LogP contribution in [0.4, 0.5) is 0 Å². The molecule has 2 aromatic rings. The van der Waals surface area contributed by atoms with Crippen LogP contribution in [0.3, 0.4) is 0 Å². The number of ether oxygens (including phenoxy) is 2. The van der Waals surface area contributed by atoms with Gasteiger partial charge in [-0.1, -0.05) is 23.7 Å². The van der Waals surface area contributed by atoms with Crippen LogP contribution in [0, 0.1) is 0 Å². The highest BCUT2D eigenvalue weighted by Gasteiger charge is 2.40. The summed E-state index contributed by atoms with van der Waals surface area (Å²) in [4.78, 5) is 15.7. The van der Waals surface area contributed by atoms with Crippen LogP contribution in [-0.2, 0) is 11.2 Å². The number of rotatable bonds is 8. The van der Waals surface area contributed by atoms with Crippen molar-refractivity contribution >= 4 is 17.5 Å². The minimum atomic E-state index is -0.188. The van der Waals surface area contributed by atoms with Gasteiger partial charge in [-0.3, -0.25) is 4.79 Å². The molecule has 2 aliphatic rings. The van der Waals surface area contributed by atoms with Crippen molar-refractivity contribution in [2.45, 2.75) is 70.2 Å². The van der Waals surface area contributed by atoms with E-state index in [0.717, 1.165) is 48.9 Å². The number of halogens is 1. The fourth-order valence-electron chi connectivity index (χ4n) is 5.32. The smallest absolute Gasteiger partial charge is 0.228 e. The van der Waals surface area contributed by atoms with E-state index in [4.69, 9.17) is 26.8 Å². The molecule has 4 rings (SSSR count). The van der Waals surface area contributed by atoms with Crippen LogP contribution in [0.2, 0.25) is 5.02 Å². The van der Waals surface area contributed by atoms with Gasteiger partial charge in [0.1, 0.15) is 0 Å². The molecule has 6 nitrogen and oxygen atoms in total. The highest BCUT2D eigenvalue weighted by Crippen LogP contribution is 2.44. The summed E-state index contributed by atoms with van der Waals surface area (Å²) in [6.07, 6.45) is 4.40. The van der Waals surface area contributed by atoms with E-state index in [1.54, 1.807) is 7.11 Å². The number of carbonyl (C=O) groups is 1. The summed E-state index contributed by atoms with van der Waals surface area (Å²) in [5.41, 5.74) is 8.82. The number of nitrogens with zero attached hydrogens (tertiary/aromatic N) is 1. The molecule has 1 atom stereocenters. The number of benzene rings is 2. The van der Waals surface area contributed by atoms with Crippen molar-refractivity contribution in [2.75, 3.05) is 20.2 Å². The normalized spacial score (nSPS) is 22.6. The average molecular weight is 486 g/mol. The van der Waals surface area contributed by atoms with Crippen molar-refractivity contribution in [1.29, 1.82) is 0 Å². The quantitative estimate of drug-likeness (QED) is 0.577. The molecule has 1 aliphatic carbocycles. The van der Waals surface area contributed by atoms with Crippen molar-refractivity contribution in [3.63, 3.8) is 0 Å². The molecule has 1 heterocycles. The third kappa shape index (κ3) is 5.35. The van der Waals surface area contributed by atoms with Gasteiger partial charge in [-0.15, -0.1) is 0 Å². The van der Waals surface area contributed by atoms with Crippen LogP contribution in [-0.4, -0.2) is 49.2 Å². The van der Waals surface area contributed by atoms with Gasteiger partial charge in [0.2, 0.25) is 5.91 Å². The molecule has 0 aromatic heterocycles. The summed E-state index contributed by atoms with van der Waals surface area (Å²) < 4.78 is 11.7. The Labute approximate surface area is 207 Å². The summed E-state index contributed by atoms with van der Waals surface area (Å²) in [7, 11) is 1.64. The maximum atomic E-state index is 13.6. The molecule has 1 amide bonds. The molecule has 34 heavy (non-hydrogen) atoms. The summed E-state index contributed by atoms with van der Waals surface area (Å²) in [6, 6.07) is 12.4. The standard InChI is InChI=1S/C27H36ClN3O3/c1-17(2)34-25-16-23-19(14-24(25)33-3)15-26(32)31(27(23)18-4-6-20(28)7-5-18)22-10-8-21(9-11-22)30-13-12-29/h4-7,14,16-17,21-22,27,30H,8-13,15,29H2,1-3H3. The fraction of sp³-hybridized carbons (Fsp3) is 0.519. The predicted octanol–water partition coefficient (Wildman–Crippen LogP) is 4.47. The second kappa shape index (κ2) is 11.0. The van der Waals surface area contributed by atoms with Gasteiger partial charge in [0.05, 0.1) is 25.7 Å². The number of hydrogen-bond acceptors (Lipinski definition) is 5. The van der Waals surface area contributed by atoms with Gasteiger partial charge in [-0.25, -0.2) is 0 Å². The first kappa shape index (κ1) is 24.8. The fourth-order valence-corrected chi connectivity index (χ4v) is 5.45. The Kier molecular flexibility index (Phi) is 8.02. The molecule has 0 spiro atoms. The number of nitrogens with two attached hydrogens (primary N) is 1. The van der Waals surface area contributed by atoms with E-state index in [9.17, 15) is 4.79 Å². The zero-order chi connectivity index (χ0) is 24.2. The number of hydrogen-bond donors (Lipinski definition) is 2. The first-order chi connectivity index (χ1) is 16.4. The van der Waals surface area contributed by atoms with Crippen molar-refractivity contribution in [1.82, 2.24) is 10.2 Å². The monoisotopic (exact) mass is 485 g/mol. The van der Waals surface area contributed by atoms with Gasteiger partial charge >= 0.3 is 0 Å². The molecule has 0 radical (unpaired) electrons. The molecule has 0 bridgehead atoms. The Morgan fingerprint density at radius 3 is 2.44 bits per heavy atom. The predicted molar refractivity (Wildman–Crippen MR) is 136 cm³/mol. The van der Waals surface area contributed by atoms with E-state index in [1.165, 1.54) is 0 Å². The minimum Gasteiger partial charge on any atom is -0.493 e. The number of nitrogens with one attached hydrogen (secondary N) is 1. The Morgan fingerprint density at radius 1 is 1.12 bits per heavy atom. The van der Waals surface area contributed by atoms with Crippen molar-refractivity contribution < 1.29 is 14.3 Å². The average Bonchev–Trinajstić information content (AvgIpc) is 2.82. The van der Waals surface area contributed by atoms with Crippen LogP contribution >= 0.6 is 11.6 Å². The number of fused-ring (bicyclic) bond motifs is 1. The summed E-state index contributed by atoms with van der Waals surface area (Å²) in [6.45, 7) is 5.48. The summed E-state index contributed by atoms with van der Waals surface area (Å²) in [5, 5.41) is 4.22. The van der Waals surface area contributed by atoms with E-state index in [2.05, 4.69) is 16.3 Å². The number of methoxy groups -OCH3 is 1. The van der Waals surface area contributed by atoms with E-state index in [1.807, 2.05) is 44.2 Å². The van der Waals surface area contributed by atoms with Gasteiger partial charge in [-0.2, -0.15) is 0 Å². The van der Waals surface area contributed by atoms with Gasteiger partial charge in [0, 0.05) is 30.2 Å². The Balaban J connectivity index is 1.73. The van der Waals surface area contributed by atoms with Crippen LogP contribution in [0.15, 0.2) is 36.4 Å². The van der Waals surface area contributed by atoms with Crippen LogP contribution < -0.4 is 20.5 Å². The summed E-state index contributed by atoms with van der Waals surface area (Å²) in [5.74, 6) is 1.53. The summed E-state index contributed by atoms with van der Waals surface area (Å²) >= 11 is 6.21. The highest BCUT2D eigenvalue weighted by atomic mass is 35.5. The van der Waals surface area contributed by atoms with Crippen LogP contribution in [0.1, 0.15) is 62.3 Å². The maximum absolute atomic E-state index is 13.6. The molecule has 2 aromatic carbocycles. The number of carbonyl (C=O) groups excluding carboxylic acids is 1. The lowest BCUT2D eigenvalue weighted by Gasteiger charge is -2.45. The Morgan fingerprint density at radius 2 is 1.82 bits per heavy atom. The third-order valence-corrected chi connectivity index (χ3v) is 7.10. The van der Waals surface area contributed by atoms with Crippen molar-refractivity contribution in [3.8, 4) is 11.5 Å². The third-order valence-electron chi connectivity index (χ3n) is 6.84. The zero-order valence-corrected chi connectivity index (χ0v) is 21.1. The van der Waals surface area contributed by atoms with Crippen LogP contribution in [0.5, 0.6) is 11.5 Å². The SMILES string of the molecule is COc1cc2c(cc1OC(C)C)C(c1ccc(Cl)cc1)N(C1CCC(NCCN)CC1)C(=O)C2. The second-order valence-electron chi connectivity index (χ2n) is 9.55. The topological polar surface area (TPSA) is 76.8 Å². The number of amides is 1. The molecule has 3 N–H and O–H groups in total. The lowest BCUT2D eigenvalue weighted by molar-refractivity contribution is -0.136. The van der Waals surface area contributed by atoms with Crippen molar-refractivity contribution in [2.24, 2.45) is 5.73 Å². The molecule has 7 heteroatoms. The van der Waals surface area contributed by atoms with Gasteiger partial charge < -0.3 is 25.4 Å². The van der Waals surface area contributed by atoms with Crippen LogP contribution in [0.25, 0.3) is 0 Å². The van der Waals surface area contributed by atoms with E-state index < -0.39 is 0 Å². The molecule has 1 unspecified atom stereocenters. The van der Waals surface area contributed by atoms with E-state index >= 15 is 0 Å². The second-order valence-corrected chi connectivity index (χ2v) is 9.99. The Bertz CT molecular complexity index is 987. The zero-order valence-electron chi connectivity index (χ0n) is 20.4. The largest absolute Gasteiger partial charge is 0.493 e. The van der Waals surface area contributed by atoms with Gasteiger partial charge in [-0.05, 0) is 80.5 Å². The van der Waals surface area contributed by atoms with Crippen molar-refractivity contribution in [3.05, 3.63) is 58.1 Å².